The monoisotopic (exact) mass is 272 g/mol. The molecule has 3 N–H and O–H groups in total. The van der Waals surface area contributed by atoms with Gasteiger partial charge in [-0.1, -0.05) is 13.8 Å². The maximum Gasteiger partial charge on any atom is 0.240 e. The molecule has 112 valence electrons. The van der Waals surface area contributed by atoms with Crippen LogP contribution in [-0.4, -0.2) is 44.4 Å². The van der Waals surface area contributed by atoms with Crippen LogP contribution in [0.1, 0.15) is 40.0 Å². The fourth-order valence-corrected chi connectivity index (χ4v) is 2.55. The van der Waals surface area contributed by atoms with E-state index < -0.39 is 5.54 Å². The molecule has 0 radical (unpaired) electrons. The molecular formula is C14H28N2O3. The van der Waals surface area contributed by atoms with Crippen LogP contribution in [0.15, 0.2) is 0 Å². The van der Waals surface area contributed by atoms with Gasteiger partial charge in [-0.05, 0) is 19.8 Å². The maximum absolute atomic E-state index is 12.2. The van der Waals surface area contributed by atoms with Gasteiger partial charge in [0.15, 0.2) is 0 Å². The first kappa shape index (κ1) is 16.4. The molecule has 0 aromatic heterocycles. The SMILES string of the molecule is CCOC1CC(N)(C(=O)NCCCCOC)C1(C)C. The van der Waals surface area contributed by atoms with E-state index in [9.17, 15) is 4.79 Å². The predicted octanol–water partition coefficient (Wildman–Crippen LogP) is 1.06. The Morgan fingerprint density at radius 2 is 2.11 bits per heavy atom. The van der Waals surface area contributed by atoms with E-state index >= 15 is 0 Å². The molecule has 5 heteroatoms. The summed E-state index contributed by atoms with van der Waals surface area (Å²) in [6.45, 7) is 7.99. The largest absolute Gasteiger partial charge is 0.385 e. The molecule has 1 aliphatic carbocycles. The summed E-state index contributed by atoms with van der Waals surface area (Å²) >= 11 is 0. The number of methoxy groups -OCH3 is 1. The van der Waals surface area contributed by atoms with Crippen molar-refractivity contribution in [3.63, 3.8) is 0 Å². The third kappa shape index (κ3) is 3.27. The van der Waals surface area contributed by atoms with Crippen LogP contribution in [-0.2, 0) is 14.3 Å². The Hall–Kier alpha value is -0.650. The highest BCUT2D eigenvalue weighted by Gasteiger charge is 2.62. The van der Waals surface area contributed by atoms with Crippen LogP contribution in [0.2, 0.25) is 0 Å². The lowest BCUT2D eigenvalue weighted by molar-refractivity contribution is -0.170. The molecule has 0 aromatic rings. The molecule has 1 fully saturated rings. The van der Waals surface area contributed by atoms with E-state index in [1.54, 1.807) is 7.11 Å². The molecule has 19 heavy (non-hydrogen) atoms. The average molecular weight is 272 g/mol. The van der Waals surface area contributed by atoms with Gasteiger partial charge in [-0.3, -0.25) is 4.79 Å². The zero-order valence-corrected chi connectivity index (χ0v) is 12.6. The Kier molecular flexibility index (Phi) is 5.77. The molecule has 0 spiro atoms. The molecule has 2 unspecified atom stereocenters. The summed E-state index contributed by atoms with van der Waals surface area (Å²) in [5.74, 6) is -0.0640. The molecule has 1 amide bonds. The Balaban J connectivity index is 2.40. The first-order valence-corrected chi connectivity index (χ1v) is 7.08. The van der Waals surface area contributed by atoms with Gasteiger partial charge in [-0.2, -0.15) is 0 Å². The summed E-state index contributed by atoms with van der Waals surface area (Å²) in [7, 11) is 1.68. The average Bonchev–Trinajstić information content (AvgIpc) is 2.37. The third-order valence-corrected chi connectivity index (χ3v) is 4.30. The van der Waals surface area contributed by atoms with Crippen molar-refractivity contribution in [3.05, 3.63) is 0 Å². The van der Waals surface area contributed by atoms with E-state index in [0.29, 0.717) is 19.6 Å². The van der Waals surface area contributed by atoms with Gasteiger partial charge in [0.2, 0.25) is 5.91 Å². The molecule has 1 saturated carbocycles. The highest BCUT2D eigenvalue weighted by molar-refractivity contribution is 5.88. The van der Waals surface area contributed by atoms with Crippen LogP contribution >= 0.6 is 0 Å². The van der Waals surface area contributed by atoms with Crippen LogP contribution in [0.5, 0.6) is 0 Å². The fraction of sp³-hybridized carbons (Fsp3) is 0.929. The van der Waals surface area contributed by atoms with Crippen molar-refractivity contribution in [1.82, 2.24) is 5.32 Å². The Bertz CT molecular complexity index is 307. The van der Waals surface area contributed by atoms with Gasteiger partial charge in [0.1, 0.15) is 5.54 Å². The second-order valence-corrected chi connectivity index (χ2v) is 5.80. The number of nitrogens with one attached hydrogen (secondary N) is 1. The number of unbranched alkanes of at least 4 members (excludes halogenated alkanes) is 1. The number of nitrogens with two attached hydrogens (primary N) is 1. The summed E-state index contributed by atoms with van der Waals surface area (Å²) in [6, 6.07) is 0. The standard InChI is InChI=1S/C14H28N2O3/c1-5-19-11-10-14(15,13(11,2)3)12(17)16-8-6-7-9-18-4/h11H,5-10,15H2,1-4H3,(H,16,17). The second-order valence-electron chi connectivity index (χ2n) is 5.80. The summed E-state index contributed by atoms with van der Waals surface area (Å²) in [5, 5.41) is 2.93. The van der Waals surface area contributed by atoms with Crippen LogP contribution in [0.4, 0.5) is 0 Å². The minimum Gasteiger partial charge on any atom is -0.385 e. The molecule has 0 saturated heterocycles. The minimum absolute atomic E-state index is 0.0640. The number of amides is 1. The first-order chi connectivity index (χ1) is 8.90. The highest BCUT2D eigenvalue weighted by atomic mass is 16.5. The number of carbonyl (C=O) groups excluding carboxylic acids is 1. The number of hydrogen-bond acceptors (Lipinski definition) is 4. The lowest BCUT2D eigenvalue weighted by atomic mass is 9.54. The van der Waals surface area contributed by atoms with E-state index in [1.165, 1.54) is 0 Å². The number of ether oxygens (including phenoxy) is 2. The van der Waals surface area contributed by atoms with Gasteiger partial charge < -0.3 is 20.5 Å². The number of carbonyl (C=O) groups is 1. The molecule has 0 bridgehead atoms. The van der Waals surface area contributed by atoms with E-state index in [0.717, 1.165) is 19.4 Å². The molecule has 0 heterocycles. The summed E-state index contributed by atoms with van der Waals surface area (Å²) in [6.07, 6.45) is 2.52. The van der Waals surface area contributed by atoms with E-state index in [2.05, 4.69) is 5.32 Å². The molecule has 0 aromatic carbocycles. The fourth-order valence-electron chi connectivity index (χ4n) is 2.55. The van der Waals surface area contributed by atoms with Gasteiger partial charge in [-0.25, -0.2) is 0 Å². The molecule has 1 rings (SSSR count). The Labute approximate surface area is 116 Å². The molecule has 1 aliphatic rings. The number of hydrogen-bond donors (Lipinski definition) is 2. The van der Waals surface area contributed by atoms with E-state index in [4.69, 9.17) is 15.2 Å². The van der Waals surface area contributed by atoms with E-state index in [1.807, 2.05) is 20.8 Å². The first-order valence-electron chi connectivity index (χ1n) is 7.08. The van der Waals surface area contributed by atoms with Crippen molar-refractivity contribution in [1.29, 1.82) is 0 Å². The maximum atomic E-state index is 12.2. The molecule has 2 atom stereocenters. The van der Waals surface area contributed by atoms with E-state index in [-0.39, 0.29) is 17.4 Å². The van der Waals surface area contributed by atoms with Crippen LogP contribution in [0.3, 0.4) is 0 Å². The second kappa shape index (κ2) is 6.68. The van der Waals surface area contributed by atoms with Gasteiger partial charge >= 0.3 is 0 Å². The molecule has 0 aliphatic heterocycles. The smallest absolute Gasteiger partial charge is 0.240 e. The number of rotatable bonds is 8. The lowest BCUT2D eigenvalue weighted by Crippen LogP contribution is -2.75. The van der Waals surface area contributed by atoms with Crippen LogP contribution in [0.25, 0.3) is 0 Å². The van der Waals surface area contributed by atoms with Gasteiger partial charge in [0, 0.05) is 38.7 Å². The van der Waals surface area contributed by atoms with Gasteiger partial charge in [0.05, 0.1) is 6.10 Å². The predicted molar refractivity (Wildman–Crippen MR) is 74.9 cm³/mol. The zero-order chi connectivity index (χ0) is 14.5. The van der Waals surface area contributed by atoms with Crippen molar-refractivity contribution in [2.45, 2.75) is 51.7 Å². The summed E-state index contributed by atoms with van der Waals surface area (Å²) < 4.78 is 10.6. The van der Waals surface area contributed by atoms with Crippen molar-refractivity contribution in [2.24, 2.45) is 11.1 Å². The third-order valence-electron chi connectivity index (χ3n) is 4.30. The topological polar surface area (TPSA) is 73.6 Å². The quantitative estimate of drug-likeness (QED) is 0.648. The van der Waals surface area contributed by atoms with Crippen molar-refractivity contribution in [2.75, 3.05) is 26.9 Å². The highest BCUT2D eigenvalue weighted by Crippen LogP contribution is 2.49. The zero-order valence-electron chi connectivity index (χ0n) is 12.6. The van der Waals surface area contributed by atoms with Crippen LogP contribution < -0.4 is 11.1 Å². The van der Waals surface area contributed by atoms with Gasteiger partial charge in [0.25, 0.3) is 0 Å². The van der Waals surface area contributed by atoms with Crippen molar-refractivity contribution < 1.29 is 14.3 Å². The van der Waals surface area contributed by atoms with Crippen molar-refractivity contribution >= 4 is 5.91 Å². The Morgan fingerprint density at radius 1 is 1.42 bits per heavy atom. The summed E-state index contributed by atoms with van der Waals surface area (Å²) in [5.41, 5.74) is 5.14. The van der Waals surface area contributed by atoms with Gasteiger partial charge in [-0.15, -0.1) is 0 Å². The Morgan fingerprint density at radius 3 is 2.63 bits per heavy atom. The molecule has 5 nitrogen and oxygen atoms in total. The van der Waals surface area contributed by atoms with Crippen molar-refractivity contribution in [3.8, 4) is 0 Å². The summed E-state index contributed by atoms with van der Waals surface area (Å²) in [4.78, 5) is 12.2. The lowest BCUT2D eigenvalue weighted by Gasteiger charge is -2.57. The minimum atomic E-state index is -0.811. The normalized spacial score (nSPS) is 28.8. The molecular weight excluding hydrogens is 244 g/mol. The van der Waals surface area contributed by atoms with Crippen LogP contribution in [0, 0.1) is 5.41 Å².